The summed E-state index contributed by atoms with van der Waals surface area (Å²) in [5, 5.41) is 0.946. The summed E-state index contributed by atoms with van der Waals surface area (Å²) in [5.41, 5.74) is 8.41. The number of fused-ring (bicyclic) bond motifs is 1. The van der Waals surface area contributed by atoms with Gasteiger partial charge in [0.1, 0.15) is 10.6 Å². The second kappa shape index (κ2) is 10.7. The molecule has 5 rings (SSSR count). The molecular weight excluding hydrogens is 486 g/mol. The van der Waals surface area contributed by atoms with Crippen LogP contribution in [0, 0.1) is 0 Å². The van der Waals surface area contributed by atoms with Crippen LogP contribution in [0.1, 0.15) is 34.1 Å². The van der Waals surface area contributed by atoms with E-state index in [1.807, 2.05) is 47.4 Å². The predicted octanol–water partition coefficient (Wildman–Crippen LogP) is 4.06. The molecule has 1 unspecified atom stereocenters. The number of benzene rings is 2. The van der Waals surface area contributed by atoms with E-state index in [-0.39, 0.29) is 11.7 Å². The number of methoxy groups -OCH3 is 1. The number of carbonyl (C=O) groups is 2. The topological polar surface area (TPSA) is 102 Å². The van der Waals surface area contributed by atoms with Crippen molar-refractivity contribution >= 4 is 39.2 Å². The Morgan fingerprint density at radius 2 is 1.68 bits per heavy atom. The Hall–Kier alpha value is -3.82. The number of ether oxygens (including phenoxy) is 1. The fourth-order valence-electron chi connectivity index (χ4n) is 4.59. The van der Waals surface area contributed by atoms with Crippen molar-refractivity contribution in [3.05, 3.63) is 76.9 Å². The first-order valence-electron chi connectivity index (χ1n) is 12.3. The molecule has 2 aromatic carbocycles. The average Bonchev–Trinajstić information content (AvgIpc) is 3.37. The number of amides is 2. The summed E-state index contributed by atoms with van der Waals surface area (Å²) >= 11 is 1.58. The molecule has 2 N–H and O–H groups in total. The van der Waals surface area contributed by atoms with E-state index in [1.54, 1.807) is 11.3 Å². The molecule has 190 valence electrons. The first kappa shape index (κ1) is 24.9. The monoisotopic (exact) mass is 515 g/mol. The first-order chi connectivity index (χ1) is 18.0. The number of thiophene rings is 1. The fraction of sp³-hybridized carbons (Fsp3) is 0.286. The molecule has 9 heteroatoms. The SMILES string of the molecule is CCc1cc2c(N3CCN(C(=O)c4ccc(-c5ccccc5)cc4)CC3)nc(C(OC)C(N)=O)nc2s1. The Bertz CT molecular complexity index is 1410. The molecule has 0 bridgehead atoms. The number of aryl methyl sites for hydroxylation is 1. The minimum Gasteiger partial charge on any atom is -0.367 e. The minimum atomic E-state index is -1.02. The summed E-state index contributed by atoms with van der Waals surface area (Å²) in [4.78, 5) is 40.5. The summed E-state index contributed by atoms with van der Waals surface area (Å²) in [6.45, 7) is 4.45. The van der Waals surface area contributed by atoms with Crippen molar-refractivity contribution in [2.45, 2.75) is 19.4 Å². The van der Waals surface area contributed by atoms with E-state index in [0.29, 0.717) is 31.7 Å². The zero-order chi connectivity index (χ0) is 25.9. The van der Waals surface area contributed by atoms with Crippen LogP contribution in [0.4, 0.5) is 5.82 Å². The molecule has 4 aromatic rings. The number of hydrogen-bond acceptors (Lipinski definition) is 7. The standard InChI is InChI=1S/C28H29N5O3S/c1-3-21-17-22-26(30-25(31-27(22)37-21)23(36-2)24(29)34)32-13-15-33(16-14-32)28(35)20-11-9-19(10-12-20)18-7-5-4-6-8-18/h4-12,17,23H,3,13-16H2,1-2H3,(H2,29,34). The van der Waals surface area contributed by atoms with Crippen molar-refractivity contribution in [2.24, 2.45) is 5.73 Å². The van der Waals surface area contributed by atoms with E-state index in [0.717, 1.165) is 33.6 Å². The maximum Gasteiger partial charge on any atom is 0.254 e. The number of nitrogens with zero attached hydrogens (tertiary/aromatic N) is 4. The summed E-state index contributed by atoms with van der Waals surface area (Å²) in [5.74, 6) is 0.399. The number of primary amides is 1. The van der Waals surface area contributed by atoms with Gasteiger partial charge in [0.25, 0.3) is 11.8 Å². The van der Waals surface area contributed by atoms with Gasteiger partial charge in [0, 0.05) is 43.7 Å². The van der Waals surface area contributed by atoms with Crippen LogP contribution in [0.2, 0.25) is 0 Å². The molecule has 0 saturated carbocycles. The van der Waals surface area contributed by atoms with E-state index < -0.39 is 12.0 Å². The van der Waals surface area contributed by atoms with Gasteiger partial charge in [-0.25, -0.2) is 9.97 Å². The average molecular weight is 516 g/mol. The van der Waals surface area contributed by atoms with Crippen molar-refractivity contribution in [1.82, 2.24) is 14.9 Å². The number of nitrogens with two attached hydrogens (primary N) is 1. The van der Waals surface area contributed by atoms with Gasteiger partial charge in [0.2, 0.25) is 0 Å². The largest absolute Gasteiger partial charge is 0.367 e. The molecule has 37 heavy (non-hydrogen) atoms. The van der Waals surface area contributed by atoms with Gasteiger partial charge in [-0.05, 0) is 35.7 Å². The maximum absolute atomic E-state index is 13.2. The van der Waals surface area contributed by atoms with Crippen LogP contribution < -0.4 is 10.6 Å². The molecule has 1 atom stereocenters. The smallest absolute Gasteiger partial charge is 0.254 e. The van der Waals surface area contributed by atoms with Crippen molar-refractivity contribution in [3.63, 3.8) is 0 Å². The first-order valence-corrected chi connectivity index (χ1v) is 13.1. The molecular formula is C28H29N5O3S. The van der Waals surface area contributed by atoms with Crippen LogP contribution in [-0.4, -0.2) is 60.0 Å². The summed E-state index contributed by atoms with van der Waals surface area (Å²) in [7, 11) is 1.42. The molecule has 1 saturated heterocycles. The normalized spacial score (nSPS) is 14.6. The highest BCUT2D eigenvalue weighted by molar-refractivity contribution is 7.18. The van der Waals surface area contributed by atoms with Crippen molar-refractivity contribution < 1.29 is 14.3 Å². The number of anilines is 1. The number of aromatic nitrogens is 2. The van der Waals surface area contributed by atoms with E-state index in [1.165, 1.54) is 12.0 Å². The van der Waals surface area contributed by atoms with Crippen LogP contribution in [0.15, 0.2) is 60.7 Å². The lowest BCUT2D eigenvalue weighted by Gasteiger charge is -2.36. The zero-order valence-electron chi connectivity index (χ0n) is 20.9. The fourth-order valence-corrected chi connectivity index (χ4v) is 5.56. The quantitative estimate of drug-likeness (QED) is 0.398. The molecule has 1 fully saturated rings. The number of piperazine rings is 1. The second-order valence-electron chi connectivity index (χ2n) is 8.93. The Labute approximate surface area is 219 Å². The third kappa shape index (κ3) is 5.05. The predicted molar refractivity (Wildman–Crippen MR) is 146 cm³/mol. The molecule has 2 amide bonds. The van der Waals surface area contributed by atoms with Crippen molar-refractivity contribution in [1.29, 1.82) is 0 Å². The van der Waals surface area contributed by atoms with Gasteiger partial charge in [-0.15, -0.1) is 11.3 Å². The second-order valence-corrected chi connectivity index (χ2v) is 10.0. The Balaban J connectivity index is 1.34. The molecule has 3 heterocycles. The highest BCUT2D eigenvalue weighted by atomic mass is 32.1. The molecule has 0 radical (unpaired) electrons. The van der Waals surface area contributed by atoms with Crippen LogP contribution in [0.5, 0.6) is 0 Å². The number of carbonyl (C=O) groups excluding carboxylic acids is 2. The summed E-state index contributed by atoms with van der Waals surface area (Å²) in [6, 6.07) is 20.0. The molecule has 1 aliphatic rings. The molecule has 1 aliphatic heterocycles. The van der Waals surface area contributed by atoms with Crippen LogP contribution >= 0.6 is 11.3 Å². The van der Waals surface area contributed by atoms with Gasteiger partial charge in [0.05, 0.1) is 5.39 Å². The van der Waals surface area contributed by atoms with Gasteiger partial charge in [-0.2, -0.15) is 0 Å². The van der Waals surface area contributed by atoms with Gasteiger partial charge in [0.15, 0.2) is 11.9 Å². The Morgan fingerprint density at radius 3 is 2.30 bits per heavy atom. The third-order valence-electron chi connectivity index (χ3n) is 6.62. The molecule has 0 spiro atoms. The minimum absolute atomic E-state index is 0.0183. The summed E-state index contributed by atoms with van der Waals surface area (Å²) in [6.07, 6.45) is -0.137. The number of hydrogen-bond donors (Lipinski definition) is 1. The highest BCUT2D eigenvalue weighted by Crippen LogP contribution is 2.33. The maximum atomic E-state index is 13.2. The Kier molecular flexibility index (Phi) is 7.16. The Morgan fingerprint density at radius 1 is 1.00 bits per heavy atom. The van der Waals surface area contributed by atoms with Crippen LogP contribution in [-0.2, 0) is 16.0 Å². The lowest BCUT2D eigenvalue weighted by Crippen LogP contribution is -2.49. The van der Waals surface area contributed by atoms with Crippen LogP contribution in [0.25, 0.3) is 21.3 Å². The van der Waals surface area contributed by atoms with Gasteiger partial charge in [-0.3, -0.25) is 9.59 Å². The molecule has 2 aromatic heterocycles. The molecule has 8 nitrogen and oxygen atoms in total. The van der Waals surface area contributed by atoms with Crippen LogP contribution in [0.3, 0.4) is 0 Å². The van der Waals surface area contributed by atoms with Gasteiger partial charge < -0.3 is 20.3 Å². The zero-order valence-corrected chi connectivity index (χ0v) is 21.7. The lowest BCUT2D eigenvalue weighted by atomic mass is 10.0. The van der Waals surface area contributed by atoms with E-state index >= 15 is 0 Å². The van der Waals surface area contributed by atoms with Gasteiger partial charge in [-0.1, -0.05) is 49.4 Å². The van der Waals surface area contributed by atoms with Crippen molar-refractivity contribution in [3.8, 4) is 11.1 Å². The lowest BCUT2D eigenvalue weighted by molar-refractivity contribution is -0.128. The molecule has 0 aliphatic carbocycles. The number of rotatable bonds is 7. The van der Waals surface area contributed by atoms with Gasteiger partial charge >= 0.3 is 0 Å². The summed E-state index contributed by atoms with van der Waals surface area (Å²) < 4.78 is 5.29. The third-order valence-corrected chi connectivity index (χ3v) is 7.80. The van der Waals surface area contributed by atoms with Crippen molar-refractivity contribution in [2.75, 3.05) is 38.2 Å². The van der Waals surface area contributed by atoms with E-state index in [2.05, 4.69) is 35.0 Å². The van der Waals surface area contributed by atoms with E-state index in [9.17, 15) is 9.59 Å². The van der Waals surface area contributed by atoms with E-state index in [4.69, 9.17) is 15.5 Å². The highest BCUT2D eigenvalue weighted by Gasteiger charge is 2.28.